The Balaban J connectivity index is 1.89. The van der Waals surface area contributed by atoms with E-state index in [1.54, 1.807) is 18.1 Å². The van der Waals surface area contributed by atoms with Gasteiger partial charge in [-0.1, -0.05) is 4.76 Å². The molecule has 3 atom stereocenters. The van der Waals surface area contributed by atoms with E-state index in [9.17, 15) is 15.1 Å². The Hall–Kier alpha value is -1.000. The number of imidazole rings is 1. The largest absolute Gasteiger partial charge is 0.494 e. The van der Waals surface area contributed by atoms with Crippen molar-refractivity contribution in [3.05, 3.63) is 16.6 Å². The van der Waals surface area contributed by atoms with Gasteiger partial charge in [0.2, 0.25) is 0 Å². The molecule has 0 saturated carbocycles. The number of quaternary nitrogens is 1. The van der Waals surface area contributed by atoms with Crippen molar-refractivity contribution in [2.24, 2.45) is 5.92 Å². The molecule has 3 heterocycles. The average Bonchev–Trinajstić information content (AvgIpc) is 3.22. The van der Waals surface area contributed by atoms with Crippen LogP contribution in [0.4, 0.5) is 4.79 Å². The molecule has 8 nitrogen and oxygen atoms in total. The summed E-state index contributed by atoms with van der Waals surface area (Å²) in [5.41, 5.74) is 0. The van der Waals surface area contributed by atoms with E-state index in [-0.39, 0.29) is 12.0 Å². The molecule has 0 spiro atoms. The average molecular weight is 403 g/mol. The van der Waals surface area contributed by atoms with Gasteiger partial charge in [-0.15, -0.1) is 5.01 Å². The Morgan fingerprint density at radius 1 is 1.54 bits per heavy atom. The van der Waals surface area contributed by atoms with Crippen LogP contribution in [-0.4, -0.2) is 56.8 Å². The number of aromatic nitrogens is 2. The summed E-state index contributed by atoms with van der Waals surface area (Å²) >= 11 is 3.32. The number of H-pyrrole nitrogens is 1. The molecule has 0 aromatic carbocycles. The zero-order valence-electron chi connectivity index (χ0n) is 13.7. The summed E-state index contributed by atoms with van der Waals surface area (Å²) in [6, 6.07) is -0.806. The highest BCUT2D eigenvalue weighted by molar-refractivity contribution is 9.10. The first-order valence-electron chi connectivity index (χ1n) is 8.33. The number of carboxylic acid groups (broad SMARTS) is 1. The maximum absolute atomic E-state index is 12.0. The molecule has 0 aliphatic carbocycles. The summed E-state index contributed by atoms with van der Waals surface area (Å²) < 4.78 is 4.88. The van der Waals surface area contributed by atoms with Crippen molar-refractivity contribution in [3.63, 3.8) is 0 Å². The number of hydrogen-bond donors (Lipinski definition) is 2. The van der Waals surface area contributed by atoms with Crippen molar-refractivity contribution >= 4 is 22.0 Å². The van der Waals surface area contributed by atoms with Gasteiger partial charge in [-0.05, 0) is 48.5 Å². The lowest BCUT2D eigenvalue weighted by Crippen LogP contribution is -2.70. The van der Waals surface area contributed by atoms with Crippen LogP contribution in [0.1, 0.15) is 44.5 Å². The van der Waals surface area contributed by atoms with Crippen molar-refractivity contribution in [1.29, 1.82) is 0 Å². The molecule has 2 saturated heterocycles. The van der Waals surface area contributed by atoms with E-state index in [1.165, 1.54) is 0 Å². The zero-order chi connectivity index (χ0) is 17.3. The molecule has 134 valence electrons. The summed E-state index contributed by atoms with van der Waals surface area (Å²) in [5, 5.41) is 24.7. The van der Waals surface area contributed by atoms with E-state index in [1.807, 2.05) is 0 Å². The van der Waals surface area contributed by atoms with Crippen LogP contribution >= 0.6 is 15.9 Å². The number of carbonyl (C=O) groups excluding carboxylic acids is 1. The summed E-state index contributed by atoms with van der Waals surface area (Å²) in [7, 11) is 0. The van der Waals surface area contributed by atoms with Gasteiger partial charge < -0.3 is 19.6 Å². The fraction of sp³-hybridized carbons (Fsp3) is 0.733. The van der Waals surface area contributed by atoms with Crippen LogP contribution in [0.2, 0.25) is 0 Å². The number of hydrogen-bond acceptors (Lipinski definition) is 6. The first-order valence-corrected chi connectivity index (χ1v) is 9.12. The Morgan fingerprint density at radius 2 is 2.25 bits per heavy atom. The summed E-state index contributed by atoms with van der Waals surface area (Å²) in [4.78, 5) is 19.4. The van der Waals surface area contributed by atoms with Crippen molar-refractivity contribution in [3.8, 4) is 0 Å². The highest BCUT2D eigenvalue weighted by atomic mass is 79.9. The number of nitrogens with one attached hydrogen (secondary N) is 1. The predicted molar refractivity (Wildman–Crippen MR) is 85.4 cm³/mol. The van der Waals surface area contributed by atoms with Gasteiger partial charge in [0, 0.05) is 19.1 Å². The first kappa shape index (κ1) is 17.8. The minimum absolute atomic E-state index is 0.0613. The lowest BCUT2D eigenvalue weighted by Gasteiger charge is -2.45. The number of amides is 1. The van der Waals surface area contributed by atoms with E-state index in [0.29, 0.717) is 25.6 Å². The number of nitrogens with zero attached hydrogens (tertiary/aromatic N) is 3. The van der Waals surface area contributed by atoms with Crippen LogP contribution in [-0.2, 0) is 4.74 Å². The second-order valence-electron chi connectivity index (χ2n) is 6.54. The third-order valence-corrected chi connectivity index (χ3v) is 5.68. The lowest BCUT2D eigenvalue weighted by molar-refractivity contribution is -1.16. The number of ether oxygens (including phenoxy) is 1. The molecule has 1 aromatic heterocycles. The van der Waals surface area contributed by atoms with E-state index in [4.69, 9.17) is 4.74 Å². The van der Waals surface area contributed by atoms with Gasteiger partial charge in [0.05, 0.1) is 12.7 Å². The predicted octanol–water partition coefficient (Wildman–Crippen LogP) is 1.59. The van der Waals surface area contributed by atoms with Crippen molar-refractivity contribution in [1.82, 2.24) is 15.0 Å². The molecular formula is C15H23BrN4O4. The van der Waals surface area contributed by atoms with Gasteiger partial charge in [-0.3, -0.25) is 0 Å². The summed E-state index contributed by atoms with van der Waals surface area (Å²) in [6.07, 6.45) is 3.14. The fourth-order valence-corrected chi connectivity index (χ4v) is 4.18. The quantitative estimate of drug-likeness (QED) is 0.450. The van der Waals surface area contributed by atoms with E-state index in [2.05, 4.69) is 25.9 Å². The topological polar surface area (TPSA) is 102 Å². The monoisotopic (exact) mass is 402 g/mol. The molecule has 9 heteroatoms. The minimum atomic E-state index is -1.49. The number of carbonyl (C=O) groups is 1. The molecule has 2 aliphatic rings. The molecule has 3 rings (SSSR count). The van der Waals surface area contributed by atoms with Crippen LogP contribution in [0.5, 0.6) is 0 Å². The molecule has 3 unspecified atom stereocenters. The van der Waals surface area contributed by atoms with Gasteiger partial charge >= 0.3 is 6.09 Å². The molecule has 1 amide bonds. The molecular weight excluding hydrogens is 380 g/mol. The number of rotatable bonds is 4. The van der Waals surface area contributed by atoms with E-state index < -0.39 is 16.9 Å². The van der Waals surface area contributed by atoms with Gasteiger partial charge in [0.15, 0.2) is 0 Å². The van der Waals surface area contributed by atoms with Crippen LogP contribution < -0.4 is 5.11 Å². The van der Waals surface area contributed by atoms with Crippen LogP contribution in [0.3, 0.4) is 0 Å². The second-order valence-corrected chi connectivity index (χ2v) is 7.40. The zero-order valence-corrected chi connectivity index (χ0v) is 15.2. The molecule has 2 N–H and O–H groups in total. The van der Waals surface area contributed by atoms with Crippen LogP contribution in [0.15, 0.2) is 10.8 Å². The van der Waals surface area contributed by atoms with Crippen molar-refractivity contribution < 1.29 is 24.6 Å². The maximum Gasteiger partial charge on any atom is 0.313 e. The summed E-state index contributed by atoms with van der Waals surface area (Å²) in [5.74, 6) is 0.711. The van der Waals surface area contributed by atoms with Crippen molar-refractivity contribution in [2.45, 2.75) is 44.7 Å². The van der Waals surface area contributed by atoms with Gasteiger partial charge in [0.25, 0.3) is 0 Å². The highest BCUT2D eigenvalue weighted by Gasteiger charge is 2.52. The molecule has 0 radical (unpaired) electrons. The first-order chi connectivity index (χ1) is 11.4. The van der Waals surface area contributed by atoms with Gasteiger partial charge in [-0.25, -0.2) is 4.98 Å². The molecule has 1 aromatic rings. The van der Waals surface area contributed by atoms with Crippen molar-refractivity contribution in [2.75, 3.05) is 19.8 Å². The fourth-order valence-electron chi connectivity index (χ4n) is 3.87. The third-order valence-electron chi connectivity index (χ3n) is 5.28. The standard InChI is InChI=1S/C15H23BrN4O4/c1-10(11-4-7-24-8-5-11)20(23,15(21)22)19-6-2-3-12(19)14-17-9-13(16)18-14/h9-12,23H,2-8H2,1H3,(H-,17,18,21,22). The highest BCUT2D eigenvalue weighted by Crippen LogP contribution is 2.38. The SMILES string of the molecule is CC(C1CCOCC1)[N+](O)(C(=O)[O-])N1CCCC1c1ncc(Br)[nH]1. The maximum atomic E-state index is 12.0. The molecule has 2 aliphatic heterocycles. The Labute approximate surface area is 149 Å². The number of halogens is 1. The molecule has 24 heavy (non-hydrogen) atoms. The Morgan fingerprint density at radius 3 is 2.83 bits per heavy atom. The smallest absolute Gasteiger partial charge is 0.313 e. The lowest BCUT2D eigenvalue weighted by atomic mass is 9.92. The Kier molecular flexibility index (Phi) is 5.26. The van der Waals surface area contributed by atoms with Crippen LogP contribution in [0, 0.1) is 5.92 Å². The number of hydroxylamine groups is 2. The second kappa shape index (κ2) is 7.09. The normalized spacial score (nSPS) is 27.0. The Bertz CT molecular complexity index is 592. The third kappa shape index (κ3) is 3.11. The van der Waals surface area contributed by atoms with E-state index >= 15 is 0 Å². The van der Waals surface area contributed by atoms with Crippen LogP contribution in [0.25, 0.3) is 0 Å². The minimum Gasteiger partial charge on any atom is -0.494 e. The molecule has 2 fully saturated rings. The van der Waals surface area contributed by atoms with Gasteiger partial charge in [0.1, 0.15) is 22.5 Å². The summed E-state index contributed by atoms with van der Waals surface area (Å²) in [6.45, 7) is 3.44. The number of aromatic amines is 1. The molecule has 0 bridgehead atoms. The van der Waals surface area contributed by atoms with E-state index in [0.717, 1.165) is 30.3 Å². The van der Waals surface area contributed by atoms with Gasteiger partial charge in [-0.2, -0.15) is 5.21 Å².